The van der Waals surface area contributed by atoms with Gasteiger partial charge in [0.05, 0.1) is 24.1 Å². The molecule has 0 atom stereocenters. The van der Waals surface area contributed by atoms with Crippen LogP contribution in [0.15, 0.2) is 43.2 Å². The molecular weight excluding hydrogens is 342 g/mol. The summed E-state index contributed by atoms with van der Waals surface area (Å²) in [6.45, 7) is 0.330. The van der Waals surface area contributed by atoms with E-state index in [1.807, 2.05) is 29.2 Å². The zero-order valence-electron chi connectivity index (χ0n) is 14.7. The van der Waals surface area contributed by atoms with Crippen LogP contribution in [0.2, 0.25) is 0 Å². The molecule has 0 aliphatic heterocycles. The number of carbonyl (C=O) groups excluding carboxylic acids is 1. The van der Waals surface area contributed by atoms with Gasteiger partial charge in [-0.15, -0.1) is 0 Å². The van der Waals surface area contributed by atoms with Gasteiger partial charge in [0.15, 0.2) is 5.65 Å². The monoisotopic (exact) mass is 361 g/mol. The van der Waals surface area contributed by atoms with Crippen molar-refractivity contribution in [3.8, 4) is 0 Å². The molecule has 1 aliphatic carbocycles. The summed E-state index contributed by atoms with van der Waals surface area (Å²) in [5, 5.41) is 2.89. The van der Waals surface area contributed by atoms with Crippen LogP contribution < -0.4 is 5.32 Å². The van der Waals surface area contributed by atoms with Crippen molar-refractivity contribution in [1.29, 1.82) is 0 Å². The lowest BCUT2D eigenvalue weighted by molar-refractivity contribution is 0.0950. The molecule has 0 spiro atoms. The van der Waals surface area contributed by atoms with E-state index in [0.29, 0.717) is 23.9 Å². The molecule has 0 bridgehead atoms. The third-order valence-electron chi connectivity index (χ3n) is 5.11. The van der Waals surface area contributed by atoms with Gasteiger partial charge in [-0.1, -0.05) is 12.8 Å². The Hall–Kier alpha value is -3.29. The molecule has 0 radical (unpaired) electrons. The van der Waals surface area contributed by atoms with E-state index in [9.17, 15) is 4.79 Å². The van der Waals surface area contributed by atoms with Gasteiger partial charge in [0, 0.05) is 30.8 Å². The Balaban J connectivity index is 1.32. The van der Waals surface area contributed by atoms with E-state index >= 15 is 0 Å². The van der Waals surface area contributed by atoms with Crippen LogP contribution in [0, 0.1) is 0 Å². The molecule has 0 unspecified atom stereocenters. The number of aromatic nitrogens is 6. The molecule has 4 aromatic heterocycles. The second-order valence-corrected chi connectivity index (χ2v) is 6.90. The molecule has 1 aliphatic rings. The Morgan fingerprint density at radius 3 is 2.96 bits per heavy atom. The number of nitrogens with zero attached hydrogens (tertiary/aromatic N) is 6. The van der Waals surface area contributed by atoms with Gasteiger partial charge in [-0.05, 0) is 25.0 Å². The minimum Gasteiger partial charge on any atom is -0.346 e. The number of hydrogen-bond donors (Lipinski definition) is 1. The molecule has 27 heavy (non-hydrogen) atoms. The van der Waals surface area contributed by atoms with Gasteiger partial charge in [0.1, 0.15) is 5.52 Å². The zero-order chi connectivity index (χ0) is 18.2. The highest BCUT2D eigenvalue weighted by atomic mass is 16.1. The van der Waals surface area contributed by atoms with Crippen molar-refractivity contribution >= 4 is 22.8 Å². The minimum atomic E-state index is -0.190. The molecule has 1 N–H and O–H groups in total. The van der Waals surface area contributed by atoms with Crippen molar-refractivity contribution in [2.45, 2.75) is 38.3 Å². The van der Waals surface area contributed by atoms with Gasteiger partial charge >= 0.3 is 0 Å². The fourth-order valence-corrected chi connectivity index (χ4v) is 3.73. The van der Waals surface area contributed by atoms with E-state index in [1.165, 1.54) is 25.7 Å². The number of fused-ring (bicyclic) bond motifs is 2. The molecule has 1 fully saturated rings. The maximum atomic E-state index is 12.5. The summed E-state index contributed by atoms with van der Waals surface area (Å²) in [5.74, 6) is 0.423. The third-order valence-corrected chi connectivity index (χ3v) is 5.11. The second kappa shape index (κ2) is 6.46. The summed E-state index contributed by atoms with van der Waals surface area (Å²) >= 11 is 0. The van der Waals surface area contributed by atoms with Gasteiger partial charge < -0.3 is 9.88 Å². The van der Waals surface area contributed by atoms with Crippen LogP contribution in [0.4, 0.5) is 0 Å². The summed E-state index contributed by atoms with van der Waals surface area (Å²) in [4.78, 5) is 30.0. The smallest absolute Gasteiger partial charge is 0.253 e. The fraction of sp³-hybridized carbons (Fsp3) is 0.316. The van der Waals surface area contributed by atoms with Crippen LogP contribution in [0.5, 0.6) is 0 Å². The van der Waals surface area contributed by atoms with E-state index in [1.54, 1.807) is 18.5 Å². The minimum absolute atomic E-state index is 0.190. The lowest BCUT2D eigenvalue weighted by atomic mass is 10.2. The van der Waals surface area contributed by atoms with Gasteiger partial charge in [0.25, 0.3) is 5.91 Å². The van der Waals surface area contributed by atoms with Crippen molar-refractivity contribution in [2.24, 2.45) is 0 Å². The Labute approximate surface area is 155 Å². The van der Waals surface area contributed by atoms with Crippen LogP contribution in [0.3, 0.4) is 0 Å². The molecular formula is C19H19N7O. The van der Waals surface area contributed by atoms with Crippen LogP contribution in [0.1, 0.15) is 47.8 Å². The van der Waals surface area contributed by atoms with Gasteiger partial charge in [-0.25, -0.2) is 19.9 Å². The highest BCUT2D eigenvalue weighted by Gasteiger charge is 2.20. The van der Waals surface area contributed by atoms with E-state index in [-0.39, 0.29) is 5.91 Å². The van der Waals surface area contributed by atoms with E-state index in [2.05, 4.69) is 29.8 Å². The van der Waals surface area contributed by atoms with Gasteiger partial charge in [0.2, 0.25) is 5.78 Å². The average Bonchev–Trinajstić information content (AvgIpc) is 3.43. The molecule has 8 nitrogen and oxygen atoms in total. The quantitative estimate of drug-likeness (QED) is 0.603. The predicted molar refractivity (Wildman–Crippen MR) is 99.2 cm³/mol. The first-order valence-electron chi connectivity index (χ1n) is 9.17. The molecule has 4 aromatic rings. The average molecular weight is 361 g/mol. The van der Waals surface area contributed by atoms with Crippen molar-refractivity contribution in [1.82, 2.24) is 34.2 Å². The molecule has 1 amide bonds. The summed E-state index contributed by atoms with van der Waals surface area (Å²) in [7, 11) is 0. The molecule has 5 rings (SSSR count). The van der Waals surface area contributed by atoms with Crippen LogP contribution in [0.25, 0.3) is 16.9 Å². The Morgan fingerprint density at radius 2 is 2.11 bits per heavy atom. The predicted octanol–water partition coefficient (Wildman–Crippen LogP) is 2.52. The topological polar surface area (TPSA) is 90.0 Å². The number of pyridine rings is 1. The highest BCUT2D eigenvalue weighted by Crippen LogP contribution is 2.31. The number of rotatable bonds is 4. The highest BCUT2D eigenvalue weighted by molar-refractivity contribution is 5.96. The first-order valence-corrected chi connectivity index (χ1v) is 9.17. The van der Waals surface area contributed by atoms with Crippen molar-refractivity contribution in [2.75, 3.05) is 0 Å². The summed E-state index contributed by atoms with van der Waals surface area (Å²) in [5.41, 5.74) is 2.86. The maximum absolute atomic E-state index is 12.5. The number of imidazole rings is 2. The Bertz CT molecular complexity index is 1090. The summed E-state index contributed by atoms with van der Waals surface area (Å²) in [6, 6.07) is 4.11. The first-order chi connectivity index (χ1) is 13.3. The summed E-state index contributed by atoms with van der Waals surface area (Å²) < 4.78 is 3.97. The molecule has 0 aromatic carbocycles. The third kappa shape index (κ3) is 2.92. The van der Waals surface area contributed by atoms with Gasteiger partial charge in [-0.3, -0.25) is 9.20 Å². The van der Waals surface area contributed by atoms with Crippen LogP contribution in [-0.4, -0.2) is 34.8 Å². The van der Waals surface area contributed by atoms with E-state index in [4.69, 9.17) is 0 Å². The number of carbonyl (C=O) groups is 1. The van der Waals surface area contributed by atoms with Gasteiger partial charge in [-0.2, -0.15) is 0 Å². The molecule has 0 saturated heterocycles. The normalized spacial score (nSPS) is 15.0. The summed E-state index contributed by atoms with van der Waals surface area (Å²) in [6.07, 6.45) is 13.7. The maximum Gasteiger partial charge on any atom is 0.253 e. The van der Waals surface area contributed by atoms with Crippen LogP contribution in [-0.2, 0) is 6.54 Å². The lowest BCUT2D eigenvalue weighted by Gasteiger charge is -2.11. The number of hydrogen-bond acceptors (Lipinski definition) is 5. The molecule has 1 saturated carbocycles. The van der Waals surface area contributed by atoms with Crippen molar-refractivity contribution in [3.63, 3.8) is 0 Å². The number of amides is 1. The zero-order valence-corrected chi connectivity index (χ0v) is 14.7. The molecule has 8 heteroatoms. The number of nitrogens with one attached hydrogen (secondary N) is 1. The largest absolute Gasteiger partial charge is 0.346 e. The van der Waals surface area contributed by atoms with Crippen LogP contribution >= 0.6 is 0 Å². The van der Waals surface area contributed by atoms with Crippen molar-refractivity contribution < 1.29 is 4.79 Å². The van der Waals surface area contributed by atoms with E-state index < -0.39 is 0 Å². The van der Waals surface area contributed by atoms with Crippen molar-refractivity contribution in [3.05, 3.63) is 54.5 Å². The standard InChI is InChI=1S/C19H19N7O/c27-18(22-10-14-11-25-7-3-6-20-19(25)24-14)13-8-16-17(21-9-13)26(12-23-16)15-4-1-2-5-15/h3,6-9,11-12,15H,1-2,4-5,10H2,(H,22,27). The Morgan fingerprint density at radius 1 is 1.22 bits per heavy atom. The fourth-order valence-electron chi connectivity index (χ4n) is 3.73. The molecule has 4 heterocycles. The first kappa shape index (κ1) is 15.9. The van der Waals surface area contributed by atoms with E-state index in [0.717, 1.165) is 16.9 Å². The SMILES string of the molecule is O=C(NCc1cn2cccnc2n1)c1cnc2c(c1)ncn2C1CCCC1. The lowest BCUT2D eigenvalue weighted by Crippen LogP contribution is -2.23. The molecule has 136 valence electrons. The Kier molecular flexibility index (Phi) is 3.81. The second-order valence-electron chi connectivity index (χ2n) is 6.90.